The highest BCUT2D eigenvalue weighted by atomic mass is 32.1. The number of carbonyl (C=O) groups excluding carboxylic acids is 1. The molecule has 124 valence electrons. The zero-order chi connectivity index (χ0) is 17.4. The van der Waals surface area contributed by atoms with Crippen LogP contribution in [0, 0.1) is 0 Å². The van der Waals surface area contributed by atoms with Gasteiger partial charge in [-0.2, -0.15) is 5.10 Å². The standard InChI is InChI=1S/C17H12N4O3S/c1-9(12-6-7-13(25-12)17(22)23)20-21-16-15-14(18-8-19-16)10-4-2-3-5-11(10)24-15/h2-8H,1H3,(H,22,23)(H,18,19,21)/p-1/b20-9-. The van der Waals surface area contributed by atoms with Crippen molar-refractivity contribution in [2.24, 2.45) is 5.10 Å². The van der Waals surface area contributed by atoms with Crippen LogP contribution in [0.3, 0.4) is 0 Å². The number of benzene rings is 1. The Labute approximate surface area is 145 Å². The molecular formula is C17H11N4O3S-. The molecule has 0 fully saturated rings. The summed E-state index contributed by atoms with van der Waals surface area (Å²) in [7, 11) is 0. The molecular weight excluding hydrogens is 340 g/mol. The van der Waals surface area contributed by atoms with Gasteiger partial charge in [0.1, 0.15) is 17.4 Å². The van der Waals surface area contributed by atoms with Gasteiger partial charge in [0, 0.05) is 5.39 Å². The molecule has 0 bridgehead atoms. The molecule has 0 radical (unpaired) electrons. The van der Waals surface area contributed by atoms with E-state index in [4.69, 9.17) is 4.42 Å². The van der Waals surface area contributed by atoms with E-state index in [0.29, 0.717) is 22.6 Å². The number of carboxylic acids is 1. The van der Waals surface area contributed by atoms with Crippen molar-refractivity contribution >= 4 is 50.9 Å². The van der Waals surface area contributed by atoms with E-state index >= 15 is 0 Å². The minimum atomic E-state index is -1.20. The Morgan fingerprint density at radius 3 is 2.80 bits per heavy atom. The Hall–Kier alpha value is -3.26. The summed E-state index contributed by atoms with van der Waals surface area (Å²) in [5, 5.41) is 16.0. The third-order valence-corrected chi connectivity index (χ3v) is 4.83. The Morgan fingerprint density at radius 1 is 1.20 bits per heavy atom. The quantitative estimate of drug-likeness (QED) is 0.448. The Bertz CT molecular complexity index is 1130. The fourth-order valence-corrected chi connectivity index (χ4v) is 3.22. The fourth-order valence-electron chi connectivity index (χ4n) is 2.44. The first-order valence-corrected chi connectivity index (χ1v) is 8.19. The molecule has 4 rings (SSSR count). The molecule has 0 saturated carbocycles. The molecule has 0 aliphatic heterocycles. The molecule has 25 heavy (non-hydrogen) atoms. The maximum absolute atomic E-state index is 10.9. The number of fused-ring (bicyclic) bond motifs is 3. The van der Waals surface area contributed by atoms with Crippen LogP contribution in [0.2, 0.25) is 0 Å². The Morgan fingerprint density at radius 2 is 2.00 bits per heavy atom. The van der Waals surface area contributed by atoms with Crippen LogP contribution in [0.15, 0.2) is 52.2 Å². The van der Waals surface area contributed by atoms with Crippen LogP contribution >= 0.6 is 11.3 Å². The van der Waals surface area contributed by atoms with Gasteiger partial charge in [-0.25, -0.2) is 9.97 Å². The van der Waals surface area contributed by atoms with E-state index in [1.165, 1.54) is 12.4 Å². The molecule has 0 spiro atoms. The Balaban J connectivity index is 1.69. The molecule has 1 aromatic carbocycles. The monoisotopic (exact) mass is 351 g/mol. The zero-order valence-corrected chi connectivity index (χ0v) is 13.8. The maximum atomic E-state index is 10.9. The van der Waals surface area contributed by atoms with Crippen LogP contribution in [-0.2, 0) is 0 Å². The lowest BCUT2D eigenvalue weighted by atomic mass is 10.2. The number of nitrogens with zero attached hydrogens (tertiary/aromatic N) is 3. The summed E-state index contributed by atoms with van der Waals surface area (Å²) >= 11 is 1.10. The summed E-state index contributed by atoms with van der Waals surface area (Å²) in [5.41, 5.74) is 5.44. The van der Waals surface area contributed by atoms with Crippen LogP contribution < -0.4 is 10.5 Å². The van der Waals surface area contributed by atoms with Gasteiger partial charge < -0.3 is 14.3 Å². The molecule has 1 N–H and O–H groups in total. The van der Waals surface area contributed by atoms with Crippen LogP contribution in [0.1, 0.15) is 21.5 Å². The van der Waals surface area contributed by atoms with Crippen molar-refractivity contribution in [1.82, 2.24) is 9.97 Å². The summed E-state index contributed by atoms with van der Waals surface area (Å²) in [4.78, 5) is 20.2. The number of carbonyl (C=O) groups is 1. The predicted octanol–water partition coefficient (Wildman–Crippen LogP) is 2.64. The average molecular weight is 351 g/mol. The fraction of sp³-hybridized carbons (Fsp3) is 0.0588. The number of hydrazone groups is 1. The number of aromatic carboxylic acids is 1. The van der Waals surface area contributed by atoms with Gasteiger partial charge >= 0.3 is 0 Å². The van der Waals surface area contributed by atoms with Crippen LogP contribution in [0.4, 0.5) is 5.82 Å². The second kappa shape index (κ2) is 5.99. The lowest BCUT2D eigenvalue weighted by Gasteiger charge is -2.01. The predicted molar refractivity (Wildman–Crippen MR) is 93.8 cm³/mol. The summed E-state index contributed by atoms with van der Waals surface area (Å²) < 4.78 is 5.82. The first-order valence-electron chi connectivity index (χ1n) is 7.37. The lowest BCUT2D eigenvalue weighted by Crippen LogP contribution is -2.20. The van der Waals surface area contributed by atoms with Crippen molar-refractivity contribution in [3.05, 3.63) is 52.5 Å². The van der Waals surface area contributed by atoms with Crippen molar-refractivity contribution < 1.29 is 14.3 Å². The molecule has 7 nitrogen and oxygen atoms in total. The number of hydrogen-bond acceptors (Lipinski definition) is 8. The van der Waals surface area contributed by atoms with Crippen LogP contribution in [0.5, 0.6) is 0 Å². The third-order valence-electron chi connectivity index (χ3n) is 3.65. The summed E-state index contributed by atoms with van der Waals surface area (Å²) in [6.07, 6.45) is 1.44. The third kappa shape index (κ3) is 2.72. The number of thiophene rings is 1. The van der Waals surface area contributed by atoms with Gasteiger partial charge in [-0.1, -0.05) is 12.1 Å². The number of rotatable bonds is 4. The highest BCUT2D eigenvalue weighted by Gasteiger charge is 2.12. The first-order chi connectivity index (χ1) is 12.1. The number of para-hydroxylation sites is 1. The van der Waals surface area contributed by atoms with Gasteiger partial charge in [0.25, 0.3) is 0 Å². The summed E-state index contributed by atoms with van der Waals surface area (Å²) in [6, 6.07) is 10.8. The number of nitrogens with one attached hydrogen (secondary N) is 1. The van der Waals surface area contributed by atoms with Gasteiger partial charge in [-0.05, 0) is 31.2 Å². The van der Waals surface area contributed by atoms with Crippen molar-refractivity contribution in [2.45, 2.75) is 6.92 Å². The lowest BCUT2D eigenvalue weighted by molar-refractivity contribution is -0.254. The topological polar surface area (TPSA) is 103 Å². The van der Waals surface area contributed by atoms with Crippen molar-refractivity contribution in [2.75, 3.05) is 5.43 Å². The molecule has 8 heteroatoms. The minimum Gasteiger partial charge on any atom is -0.544 e. The molecule has 4 aromatic rings. The second-order valence-electron chi connectivity index (χ2n) is 5.26. The van der Waals surface area contributed by atoms with Crippen molar-refractivity contribution in [3.63, 3.8) is 0 Å². The second-order valence-corrected chi connectivity index (χ2v) is 6.34. The molecule has 0 aliphatic rings. The van der Waals surface area contributed by atoms with E-state index in [-0.39, 0.29) is 4.88 Å². The van der Waals surface area contributed by atoms with Crippen molar-refractivity contribution in [3.8, 4) is 0 Å². The van der Waals surface area contributed by atoms with E-state index < -0.39 is 5.97 Å². The van der Waals surface area contributed by atoms with E-state index in [2.05, 4.69) is 20.5 Å². The normalized spacial score (nSPS) is 12.0. The van der Waals surface area contributed by atoms with E-state index in [0.717, 1.165) is 27.2 Å². The van der Waals surface area contributed by atoms with E-state index in [1.807, 2.05) is 24.3 Å². The zero-order valence-electron chi connectivity index (χ0n) is 13.0. The van der Waals surface area contributed by atoms with E-state index in [1.54, 1.807) is 13.0 Å². The van der Waals surface area contributed by atoms with E-state index in [9.17, 15) is 9.90 Å². The largest absolute Gasteiger partial charge is 0.544 e. The van der Waals surface area contributed by atoms with Gasteiger partial charge in [0.05, 0.1) is 21.4 Å². The Kier molecular flexibility index (Phi) is 3.66. The maximum Gasteiger partial charge on any atom is 0.197 e. The van der Waals surface area contributed by atoms with Gasteiger partial charge in [0.15, 0.2) is 11.4 Å². The number of furan rings is 1. The molecule has 3 heterocycles. The molecule has 0 unspecified atom stereocenters. The molecule has 0 aliphatic carbocycles. The highest BCUT2D eigenvalue weighted by molar-refractivity contribution is 7.15. The summed E-state index contributed by atoms with van der Waals surface area (Å²) in [5.74, 6) is -0.756. The van der Waals surface area contributed by atoms with Gasteiger partial charge in [-0.3, -0.25) is 5.43 Å². The van der Waals surface area contributed by atoms with Crippen LogP contribution in [-0.4, -0.2) is 21.6 Å². The van der Waals surface area contributed by atoms with Gasteiger partial charge in [-0.15, -0.1) is 11.3 Å². The molecule has 0 amide bonds. The SMILES string of the molecule is C/C(=N/Nc1ncnc2c1oc1ccccc12)c1ccc(C(=O)[O-])s1. The number of anilines is 1. The highest BCUT2D eigenvalue weighted by Crippen LogP contribution is 2.30. The van der Waals surface area contributed by atoms with Crippen LogP contribution in [0.25, 0.3) is 22.1 Å². The average Bonchev–Trinajstić information content (AvgIpc) is 3.25. The number of aromatic nitrogens is 2. The number of carboxylic acid groups (broad SMARTS) is 1. The minimum absolute atomic E-state index is 0.159. The molecule has 0 saturated heterocycles. The smallest absolute Gasteiger partial charge is 0.197 e. The van der Waals surface area contributed by atoms with Crippen molar-refractivity contribution in [1.29, 1.82) is 0 Å². The first kappa shape index (κ1) is 15.3. The van der Waals surface area contributed by atoms with Gasteiger partial charge in [0.2, 0.25) is 0 Å². The number of hydrogen-bond donors (Lipinski definition) is 1. The molecule has 0 atom stereocenters. The summed E-state index contributed by atoms with van der Waals surface area (Å²) in [6.45, 7) is 1.77. The molecule has 3 aromatic heterocycles.